The maximum Gasteiger partial charge on any atom is 0.339 e. The number of Topliss-reactive ketones (excluding diaryl/α,β-unsaturated/α-hetero) is 2. The standard InChI is InChI=1S/C28H28BrNO6S/c1-16-10-12-18(13-11-16)37(33,34)36-28-19(29)14-17(15-24(28)35-3)25-26-20(6-4-8-22(26)31)30(2)21-7-5-9-23(32)27(21)25/h10-15,25H,4-9H2,1-3H3. The van der Waals surface area contributed by atoms with Gasteiger partial charge in [-0.1, -0.05) is 17.7 Å². The van der Waals surface area contributed by atoms with Crippen molar-refractivity contribution in [1.29, 1.82) is 0 Å². The second-order valence-corrected chi connectivity index (χ2v) is 12.1. The van der Waals surface area contributed by atoms with Gasteiger partial charge in [0.1, 0.15) is 4.90 Å². The van der Waals surface area contributed by atoms with E-state index in [1.54, 1.807) is 24.3 Å². The number of ketones is 2. The summed E-state index contributed by atoms with van der Waals surface area (Å²) < 4.78 is 37.5. The first-order valence-electron chi connectivity index (χ1n) is 12.3. The van der Waals surface area contributed by atoms with Gasteiger partial charge in [0.05, 0.1) is 11.6 Å². The number of halogens is 1. The smallest absolute Gasteiger partial charge is 0.339 e. The van der Waals surface area contributed by atoms with Crippen LogP contribution >= 0.6 is 15.9 Å². The van der Waals surface area contributed by atoms with Crippen molar-refractivity contribution in [3.05, 3.63) is 74.5 Å². The monoisotopic (exact) mass is 585 g/mol. The molecule has 7 nitrogen and oxygen atoms in total. The van der Waals surface area contributed by atoms with Crippen molar-refractivity contribution >= 4 is 37.6 Å². The second-order valence-electron chi connectivity index (χ2n) is 9.65. The van der Waals surface area contributed by atoms with Crippen LogP contribution in [0.1, 0.15) is 55.6 Å². The number of carbonyl (C=O) groups is 2. The van der Waals surface area contributed by atoms with Crippen LogP contribution in [0.3, 0.4) is 0 Å². The van der Waals surface area contributed by atoms with E-state index in [2.05, 4.69) is 15.9 Å². The van der Waals surface area contributed by atoms with Crippen molar-refractivity contribution in [2.75, 3.05) is 14.2 Å². The van der Waals surface area contributed by atoms with E-state index in [1.807, 2.05) is 18.9 Å². The predicted octanol–water partition coefficient (Wildman–Crippen LogP) is 5.58. The van der Waals surface area contributed by atoms with Crippen molar-refractivity contribution < 1.29 is 26.9 Å². The second kappa shape index (κ2) is 9.76. The lowest BCUT2D eigenvalue weighted by atomic mass is 9.71. The van der Waals surface area contributed by atoms with Gasteiger partial charge in [0.2, 0.25) is 0 Å². The molecule has 2 aliphatic carbocycles. The Bertz CT molecular complexity index is 1430. The molecule has 0 bridgehead atoms. The number of aryl methyl sites for hydroxylation is 1. The molecule has 0 radical (unpaired) electrons. The summed E-state index contributed by atoms with van der Waals surface area (Å²) >= 11 is 3.48. The SMILES string of the molecule is COc1cc(C2C3=C(CCCC3=O)N(C)C3=C2C(=O)CCC3)cc(Br)c1OS(=O)(=O)c1ccc(C)cc1. The maximum absolute atomic E-state index is 13.2. The zero-order chi connectivity index (χ0) is 26.5. The summed E-state index contributed by atoms with van der Waals surface area (Å²) in [5, 5.41) is 0. The zero-order valence-corrected chi connectivity index (χ0v) is 23.4. The van der Waals surface area contributed by atoms with E-state index in [4.69, 9.17) is 8.92 Å². The van der Waals surface area contributed by atoms with Crippen molar-refractivity contribution in [3.8, 4) is 11.5 Å². The van der Waals surface area contributed by atoms with Crippen LogP contribution in [0.15, 0.2) is 68.3 Å². The Morgan fingerprint density at radius 2 is 1.49 bits per heavy atom. The van der Waals surface area contributed by atoms with E-state index >= 15 is 0 Å². The average Bonchev–Trinajstić information content (AvgIpc) is 2.86. The fourth-order valence-corrected chi connectivity index (χ4v) is 7.14. The van der Waals surface area contributed by atoms with Crippen LogP contribution in [-0.4, -0.2) is 39.0 Å². The lowest BCUT2D eigenvalue weighted by Gasteiger charge is -2.42. The van der Waals surface area contributed by atoms with E-state index in [9.17, 15) is 18.0 Å². The molecule has 0 fully saturated rings. The van der Waals surface area contributed by atoms with Crippen molar-refractivity contribution in [2.45, 2.75) is 56.3 Å². The molecule has 3 aliphatic rings. The highest BCUT2D eigenvalue weighted by Gasteiger charge is 2.42. The Morgan fingerprint density at radius 3 is 2.03 bits per heavy atom. The molecule has 5 rings (SSSR count). The molecular weight excluding hydrogens is 558 g/mol. The van der Waals surface area contributed by atoms with Crippen LogP contribution in [0.4, 0.5) is 0 Å². The van der Waals surface area contributed by atoms with E-state index < -0.39 is 16.0 Å². The van der Waals surface area contributed by atoms with Gasteiger partial charge in [-0.25, -0.2) is 0 Å². The highest BCUT2D eigenvalue weighted by Crippen LogP contribution is 2.50. The summed E-state index contributed by atoms with van der Waals surface area (Å²) in [6.07, 6.45) is 3.98. The molecule has 1 heterocycles. The molecule has 1 aliphatic heterocycles. The first-order valence-corrected chi connectivity index (χ1v) is 14.5. The average molecular weight is 587 g/mol. The Hall–Kier alpha value is -2.91. The van der Waals surface area contributed by atoms with Crippen LogP contribution in [0.25, 0.3) is 0 Å². The molecule has 0 saturated carbocycles. The number of methoxy groups -OCH3 is 1. The highest BCUT2D eigenvalue weighted by molar-refractivity contribution is 9.10. The number of nitrogens with zero attached hydrogens (tertiary/aromatic N) is 1. The first-order chi connectivity index (χ1) is 17.6. The number of rotatable bonds is 5. The number of carbonyl (C=O) groups excluding carboxylic acids is 2. The predicted molar refractivity (Wildman–Crippen MR) is 142 cm³/mol. The van der Waals surface area contributed by atoms with Gasteiger partial charge in [0.15, 0.2) is 23.1 Å². The van der Waals surface area contributed by atoms with Crippen LogP contribution in [0.2, 0.25) is 0 Å². The lowest BCUT2D eigenvalue weighted by Crippen LogP contribution is -2.37. The van der Waals surface area contributed by atoms with Gasteiger partial charge < -0.3 is 13.8 Å². The van der Waals surface area contributed by atoms with Crippen LogP contribution in [0, 0.1) is 6.92 Å². The van der Waals surface area contributed by atoms with E-state index in [0.717, 1.165) is 42.6 Å². The van der Waals surface area contributed by atoms with Gasteiger partial charge in [-0.3, -0.25) is 9.59 Å². The van der Waals surface area contributed by atoms with Crippen LogP contribution < -0.4 is 8.92 Å². The fourth-order valence-electron chi connectivity index (χ4n) is 5.54. The third-order valence-corrected chi connectivity index (χ3v) is 9.16. The molecule has 2 aromatic carbocycles. The molecule has 37 heavy (non-hydrogen) atoms. The molecule has 0 unspecified atom stereocenters. The molecule has 9 heteroatoms. The molecule has 0 aromatic heterocycles. The largest absolute Gasteiger partial charge is 0.493 e. The van der Waals surface area contributed by atoms with E-state index in [1.165, 1.54) is 19.2 Å². The van der Waals surface area contributed by atoms with Crippen molar-refractivity contribution in [3.63, 3.8) is 0 Å². The molecule has 0 atom stereocenters. The number of allylic oxidation sites excluding steroid dienone is 4. The molecular formula is C28H28BrNO6S. The summed E-state index contributed by atoms with van der Waals surface area (Å²) in [7, 11) is -0.754. The molecule has 194 valence electrons. The van der Waals surface area contributed by atoms with Gasteiger partial charge in [-0.05, 0) is 78.4 Å². The van der Waals surface area contributed by atoms with E-state index in [-0.39, 0.29) is 28.0 Å². The minimum Gasteiger partial charge on any atom is -0.493 e. The Morgan fingerprint density at radius 1 is 0.919 bits per heavy atom. The maximum atomic E-state index is 13.2. The number of hydrogen-bond donors (Lipinski definition) is 0. The molecule has 0 saturated heterocycles. The molecule has 0 spiro atoms. The molecule has 2 aromatic rings. The highest BCUT2D eigenvalue weighted by atomic mass is 79.9. The third kappa shape index (κ3) is 4.52. The first kappa shape index (κ1) is 25.7. The van der Waals surface area contributed by atoms with Crippen LogP contribution in [0.5, 0.6) is 11.5 Å². The summed E-state index contributed by atoms with van der Waals surface area (Å²) in [5.74, 6) is -0.251. The third-order valence-electron chi connectivity index (χ3n) is 7.33. The van der Waals surface area contributed by atoms with Crippen molar-refractivity contribution in [2.24, 2.45) is 0 Å². The molecule has 0 amide bonds. The summed E-state index contributed by atoms with van der Waals surface area (Å²) in [6, 6.07) is 9.79. The fraction of sp³-hybridized carbons (Fsp3) is 0.357. The van der Waals surface area contributed by atoms with Gasteiger partial charge in [-0.15, -0.1) is 0 Å². The van der Waals surface area contributed by atoms with Gasteiger partial charge in [0.25, 0.3) is 0 Å². The summed E-state index contributed by atoms with van der Waals surface area (Å²) in [6.45, 7) is 1.87. The lowest BCUT2D eigenvalue weighted by molar-refractivity contribution is -0.117. The minimum atomic E-state index is -4.13. The molecule has 0 N–H and O–H groups in total. The van der Waals surface area contributed by atoms with Gasteiger partial charge in [0, 0.05) is 48.3 Å². The van der Waals surface area contributed by atoms with Gasteiger partial charge in [-0.2, -0.15) is 8.42 Å². The number of hydrogen-bond acceptors (Lipinski definition) is 7. The number of ether oxygens (including phenoxy) is 1. The van der Waals surface area contributed by atoms with Gasteiger partial charge >= 0.3 is 10.1 Å². The summed E-state index contributed by atoms with van der Waals surface area (Å²) in [5.41, 5.74) is 4.84. The van der Waals surface area contributed by atoms with Crippen LogP contribution in [-0.2, 0) is 19.7 Å². The zero-order valence-electron chi connectivity index (χ0n) is 21.0. The van der Waals surface area contributed by atoms with Crippen molar-refractivity contribution in [1.82, 2.24) is 4.90 Å². The Balaban J connectivity index is 1.63. The number of benzene rings is 2. The normalized spacial score (nSPS) is 18.6. The topological polar surface area (TPSA) is 90.0 Å². The Labute approximate surface area is 225 Å². The van der Waals surface area contributed by atoms with E-state index in [0.29, 0.717) is 34.0 Å². The quantitative estimate of drug-likeness (QED) is 0.423. The minimum absolute atomic E-state index is 0.00750. The Kier molecular flexibility index (Phi) is 6.79. The summed E-state index contributed by atoms with van der Waals surface area (Å²) in [4.78, 5) is 28.6.